The van der Waals surface area contributed by atoms with Gasteiger partial charge in [-0.25, -0.2) is 4.79 Å². The van der Waals surface area contributed by atoms with Crippen molar-refractivity contribution in [2.75, 3.05) is 0 Å². The second-order valence-electron chi connectivity index (χ2n) is 5.53. The molecule has 2 heterocycles. The molecule has 1 N–H and O–H groups in total. The van der Waals surface area contributed by atoms with Gasteiger partial charge in [-0.05, 0) is 36.2 Å². The van der Waals surface area contributed by atoms with Crippen LogP contribution in [0, 0.1) is 11.3 Å². The van der Waals surface area contributed by atoms with Crippen molar-refractivity contribution in [1.82, 2.24) is 14.8 Å². The summed E-state index contributed by atoms with van der Waals surface area (Å²) in [6.07, 6.45) is 4.32. The summed E-state index contributed by atoms with van der Waals surface area (Å²) in [5.74, 6) is -0.984. The van der Waals surface area contributed by atoms with Crippen molar-refractivity contribution in [2.24, 2.45) is 0 Å². The molecule has 0 unspecified atom stereocenters. The van der Waals surface area contributed by atoms with Gasteiger partial charge in [-0.1, -0.05) is 6.92 Å². The minimum atomic E-state index is -0.984. The third-order valence-corrected chi connectivity index (χ3v) is 3.88. The van der Waals surface area contributed by atoms with Crippen LogP contribution >= 0.6 is 0 Å². The van der Waals surface area contributed by atoms with Crippen LogP contribution in [0.15, 0.2) is 36.7 Å². The summed E-state index contributed by atoms with van der Waals surface area (Å²) in [5, 5.41) is 24.0. The summed E-state index contributed by atoms with van der Waals surface area (Å²) >= 11 is 0. The van der Waals surface area contributed by atoms with E-state index >= 15 is 0 Å². The summed E-state index contributed by atoms with van der Waals surface area (Å²) in [5.41, 5.74) is 3.09. The van der Waals surface area contributed by atoms with E-state index in [1.807, 2.05) is 10.7 Å². The van der Waals surface area contributed by atoms with E-state index in [4.69, 9.17) is 5.26 Å². The lowest BCUT2D eigenvalue weighted by molar-refractivity contribution is 0.0695. The van der Waals surface area contributed by atoms with Gasteiger partial charge >= 0.3 is 5.97 Å². The Morgan fingerprint density at radius 3 is 2.92 bits per heavy atom. The monoisotopic (exact) mass is 320 g/mol. The third kappa shape index (κ3) is 2.84. The summed E-state index contributed by atoms with van der Waals surface area (Å²) in [4.78, 5) is 15.4. The normalized spacial score (nSPS) is 10.7. The standard InChI is InChI=1S/C18H16N4O2/c1-2-7-22-17-4-3-12(10-19)8-15(17)16(21-22)9-13-11-20-6-5-14(13)18(23)24/h3-6,8,11H,2,7,9H2,1H3,(H,23,24). The van der Waals surface area contributed by atoms with Crippen LogP contribution in [0.25, 0.3) is 10.9 Å². The lowest BCUT2D eigenvalue weighted by Crippen LogP contribution is -2.05. The maximum Gasteiger partial charge on any atom is 0.336 e. The highest BCUT2D eigenvalue weighted by Gasteiger charge is 2.16. The first-order valence-corrected chi connectivity index (χ1v) is 7.69. The molecule has 0 bridgehead atoms. The number of aryl methyl sites for hydroxylation is 1. The van der Waals surface area contributed by atoms with Gasteiger partial charge in [0.1, 0.15) is 0 Å². The van der Waals surface area contributed by atoms with Gasteiger partial charge in [0.2, 0.25) is 0 Å². The Morgan fingerprint density at radius 1 is 1.38 bits per heavy atom. The molecule has 0 atom stereocenters. The van der Waals surface area contributed by atoms with Crippen molar-refractivity contribution in [3.63, 3.8) is 0 Å². The van der Waals surface area contributed by atoms with Gasteiger partial charge in [0.15, 0.2) is 0 Å². The Labute approximate surface area is 139 Å². The van der Waals surface area contributed by atoms with E-state index < -0.39 is 5.97 Å². The predicted octanol–water partition coefficient (Wildman–Crippen LogP) is 3.00. The molecule has 0 saturated heterocycles. The van der Waals surface area contributed by atoms with Crippen molar-refractivity contribution in [1.29, 1.82) is 5.26 Å². The fraction of sp³-hybridized carbons (Fsp3) is 0.222. The average Bonchev–Trinajstić information content (AvgIpc) is 2.92. The molecule has 0 aliphatic rings. The molecule has 2 aromatic heterocycles. The van der Waals surface area contributed by atoms with Crippen molar-refractivity contribution in [3.8, 4) is 6.07 Å². The molecular weight excluding hydrogens is 304 g/mol. The quantitative estimate of drug-likeness (QED) is 0.780. The molecule has 3 aromatic rings. The average molecular weight is 320 g/mol. The maximum atomic E-state index is 11.4. The number of carbonyl (C=O) groups is 1. The van der Waals surface area contributed by atoms with Crippen molar-refractivity contribution >= 4 is 16.9 Å². The van der Waals surface area contributed by atoms with Gasteiger partial charge in [-0.15, -0.1) is 0 Å². The Morgan fingerprint density at radius 2 is 2.21 bits per heavy atom. The van der Waals surface area contributed by atoms with Crippen molar-refractivity contribution in [2.45, 2.75) is 26.3 Å². The van der Waals surface area contributed by atoms with Gasteiger partial charge in [0, 0.05) is 30.7 Å². The SMILES string of the molecule is CCCn1nc(Cc2cnccc2C(=O)O)c2cc(C#N)ccc21. The summed E-state index contributed by atoms with van der Waals surface area (Å²) in [7, 11) is 0. The summed E-state index contributed by atoms with van der Waals surface area (Å²) < 4.78 is 1.91. The number of carboxylic acid groups (broad SMARTS) is 1. The number of nitriles is 1. The molecule has 3 rings (SSSR count). The molecular formula is C18H16N4O2. The van der Waals surface area contributed by atoms with Gasteiger partial charge in [0.05, 0.1) is 28.4 Å². The number of hydrogen-bond acceptors (Lipinski definition) is 4. The Kier molecular flexibility index (Phi) is 4.25. The smallest absolute Gasteiger partial charge is 0.336 e. The van der Waals surface area contributed by atoms with E-state index in [0.29, 0.717) is 17.5 Å². The van der Waals surface area contributed by atoms with Crippen molar-refractivity contribution < 1.29 is 9.90 Å². The largest absolute Gasteiger partial charge is 0.478 e. The zero-order chi connectivity index (χ0) is 17.1. The van der Waals surface area contributed by atoms with E-state index in [1.165, 1.54) is 12.3 Å². The molecule has 0 fully saturated rings. The number of aromatic nitrogens is 3. The molecule has 0 aliphatic heterocycles. The molecule has 0 spiro atoms. The fourth-order valence-corrected chi connectivity index (χ4v) is 2.79. The maximum absolute atomic E-state index is 11.4. The topological polar surface area (TPSA) is 91.8 Å². The fourth-order valence-electron chi connectivity index (χ4n) is 2.79. The molecule has 0 amide bonds. The van der Waals surface area contributed by atoms with Crippen LogP contribution < -0.4 is 0 Å². The number of pyridine rings is 1. The number of hydrogen-bond donors (Lipinski definition) is 1. The molecule has 6 heteroatoms. The van der Waals surface area contributed by atoms with Crippen LogP contribution in [0.2, 0.25) is 0 Å². The third-order valence-electron chi connectivity index (χ3n) is 3.88. The minimum absolute atomic E-state index is 0.222. The van der Waals surface area contributed by atoms with E-state index in [9.17, 15) is 9.90 Å². The van der Waals surface area contributed by atoms with Crippen LogP contribution in [0.1, 0.15) is 40.5 Å². The van der Waals surface area contributed by atoms with E-state index in [0.717, 1.165) is 29.6 Å². The molecule has 0 aliphatic carbocycles. The molecule has 1 aromatic carbocycles. The molecule has 0 radical (unpaired) electrons. The molecule has 6 nitrogen and oxygen atoms in total. The highest BCUT2D eigenvalue weighted by Crippen LogP contribution is 2.24. The first-order valence-electron chi connectivity index (χ1n) is 7.69. The number of nitrogens with zero attached hydrogens (tertiary/aromatic N) is 4. The first-order chi connectivity index (χ1) is 11.6. The van der Waals surface area contributed by atoms with Gasteiger partial charge in [-0.3, -0.25) is 9.67 Å². The minimum Gasteiger partial charge on any atom is -0.478 e. The van der Waals surface area contributed by atoms with E-state index in [-0.39, 0.29) is 5.56 Å². The van der Waals surface area contributed by atoms with Crippen LogP contribution in [-0.4, -0.2) is 25.8 Å². The van der Waals surface area contributed by atoms with Crippen molar-refractivity contribution in [3.05, 3.63) is 59.0 Å². The van der Waals surface area contributed by atoms with Crippen LogP contribution in [0.4, 0.5) is 0 Å². The van der Waals surface area contributed by atoms with Gasteiger partial charge in [0.25, 0.3) is 0 Å². The van der Waals surface area contributed by atoms with E-state index in [2.05, 4.69) is 23.1 Å². The lowest BCUT2D eigenvalue weighted by atomic mass is 10.0. The zero-order valence-corrected chi connectivity index (χ0v) is 13.2. The van der Waals surface area contributed by atoms with Gasteiger partial charge in [-0.2, -0.15) is 10.4 Å². The second kappa shape index (κ2) is 6.50. The summed E-state index contributed by atoms with van der Waals surface area (Å²) in [6.45, 7) is 2.84. The molecule has 0 saturated carbocycles. The molecule has 120 valence electrons. The number of carboxylic acids is 1. The second-order valence-corrected chi connectivity index (χ2v) is 5.53. The van der Waals surface area contributed by atoms with E-state index in [1.54, 1.807) is 18.3 Å². The Hall–Kier alpha value is -3.20. The number of fused-ring (bicyclic) bond motifs is 1. The van der Waals surface area contributed by atoms with Crippen LogP contribution in [0.5, 0.6) is 0 Å². The highest BCUT2D eigenvalue weighted by atomic mass is 16.4. The number of benzene rings is 1. The highest BCUT2D eigenvalue weighted by molar-refractivity contribution is 5.90. The number of rotatable bonds is 5. The van der Waals surface area contributed by atoms with Crippen LogP contribution in [0.3, 0.4) is 0 Å². The van der Waals surface area contributed by atoms with Crippen LogP contribution in [-0.2, 0) is 13.0 Å². The first kappa shape index (κ1) is 15.7. The Bertz CT molecular complexity index is 953. The zero-order valence-electron chi connectivity index (χ0n) is 13.2. The predicted molar refractivity (Wildman–Crippen MR) is 88.7 cm³/mol. The summed E-state index contributed by atoms with van der Waals surface area (Å²) in [6, 6.07) is 9.09. The number of aromatic carboxylic acids is 1. The van der Waals surface area contributed by atoms with Gasteiger partial charge < -0.3 is 5.11 Å². The lowest BCUT2D eigenvalue weighted by Gasteiger charge is -2.03. The molecule has 24 heavy (non-hydrogen) atoms. The Balaban J connectivity index is 2.12.